The summed E-state index contributed by atoms with van der Waals surface area (Å²) < 4.78 is 25.8. The third kappa shape index (κ3) is 5.26. The van der Waals surface area contributed by atoms with Crippen LogP contribution in [-0.2, 0) is 22.3 Å². The monoisotopic (exact) mass is 440 g/mol. The molecule has 3 aromatic rings. The van der Waals surface area contributed by atoms with E-state index in [0.29, 0.717) is 31.1 Å². The standard InChI is InChI=1S/C23H28N4O3S/c1-24-31(29,30)16-18-6-4-5-17(13-18)15-25-23(28)27-11-9-19(10-12-27)22-14-20-7-2-3-8-21(20)26-22/h2-8,13-14,19,24,26H,9-12,15-16H2,1H3,(H,25,28). The number of nitrogens with zero attached hydrogens (tertiary/aromatic N) is 1. The van der Waals surface area contributed by atoms with Gasteiger partial charge in [0, 0.05) is 36.8 Å². The van der Waals surface area contributed by atoms with E-state index in [0.717, 1.165) is 23.9 Å². The molecule has 0 spiro atoms. The van der Waals surface area contributed by atoms with Gasteiger partial charge in [-0.25, -0.2) is 17.9 Å². The molecular weight excluding hydrogens is 412 g/mol. The molecule has 0 saturated carbocycles. The molecule has 2 heterocycles. The fourth-order valence-electron chi connectivity index (χ4n) is 4.12. The Hall–Kier alpha value is -2.84. The number of sulfonamides is 1. The summed E-state index contributed by atoms with van der Waals surface area (Å²) in [5, 5.41) is 4.19. The molecule has 31 heavy (non-hydrogen) atoms. The van der Waals surface area contributed by atoms with Crippen LogP contribution in [0.3, 0.4) is 0 Å². The summed E-state index contributed by atoms with van der Waals surface area (Å²) in [6.07, 6.45) is 1.86. The number of benzene rings is 2. The van der Waals surface area contributed by atoms with Crippen molar-refractivity contribution in [2.45, 2.75) is 31.1 Å². The average Bonchev–Trinajstić information content (AvgIpc) is 3.22. The van der Waals surface area contributed by atoms with Gasteiger partial charge < -0.3 is 15.2 Å². The van der Waals surface area contributed by atoms with E-state index in [-0.39, 0.29) is 11.8 Å². The molecule has 1 saturated heterocycles. The highest BCUT2D eigenvalue weighted by Gasteiger charge is 2.24. The first-order valence-electron chi connectivity index (χ1n) is 10.5. The van der Waals surface area contributed by atoms with Gasteiger partial charge in [0.1, 0.15) is 0 Å². The zero-order valence-electron chi connectivity index (χ0n) is 17.6. The van der Waals surface area contributed by atoms with Gasteiger partial charge in [-0.2, -0.15) is 0 Å². The quantitative estimate of drug-likeness (QED) is 0.549. The first kappa shape index (κ1) is 21.4. The molecule has 0 aliphatic carbocycles. The second-order valence-corrected chi connectivity index (χ2v) is 9.94. The Kier molecular flexibility index (Phi) is 6.29. The van der Waals surface area contributed by atoms with Gasteiger partial charge in [0.25, 0.3) is 0 Å². The van der Waals surface area contributed by atoms with Crippen molar-refractivity contribution in [2.75, 3.05) is 20.1 Å². The zero-order valence-corrected chi connectivity index (χ0v) is 18.4. The third-order valence-electron chi connectivity index (χ3n) is 5.88. The van der Waals surface area contributed by atoms with Gasteiger partial charge >= 0.3 is 6.03 Å². The molecule has 1 aromatic heterocycles. The van der Waals surface area contributed by atoms with E-state index in [9.17, 15) is 13.2 Å². The summed E-state index contributed by atoms with van der Waals surface area (Å²) in [7, 11) is -1.92. The smallest absolute Gasteiger partial charge is 0.317 e. The van der Waals surface area contributed by atoms with Gasteiger partial charge in [0.2, 0.25) is 10.0 Å². The van der Waals surface area contributed by atoms with Crippen LogP contribution >= 0.6 is 0 Å². The number of hydrogen-bond acceptors (Lipinski definition) is 3. The Morgan fingerprint density at radius 3 is 2.55 bits per heavy atom. The molecular formula is C23H28N4O3S. The van der Waals surface area contributed by atoms with Crippen molar-refractivity contribution in [1.29, 1.82) is 0 Å². The lowest BCUT2D eigenvalue weighted by atomic mass is 9.94. The lowest BCUT2D eigenvalue weighted by Gasteiger charge is -2.31. The summed E-state index contributed by atoms with van der Waals surface area (Å²) >= 11 is 0. The molecule has 0 atom stereocenters. The Bertz CT molecular complexity index is 1130. The minimum absolute atomic E-state index is 0.0768. The number of fused-ring (bicyclic) bond motifs is 1. The lowest BCUT2D eigenvalue weighted by molar-refractivity contribution is 0.180. The molecule has 4 rings (SSSR count). The molecule has 0 radical (unpaired) electrons. The van der Waals surface area contributed by atoms with Gasteiger partial charge in [-0.05, 0) is 48.5 Å². The molecule has 3 N–H and O–H groups in total. The molecule has 2 amide bonds. The Balaban J connectivity index is 1.29. The number of amides is 2. The number of aromatic nitrogens is 1. The second kappa shape index (κ2) is 9.11. The SMILES string of the molecule is CNS(=O)(=O)Cc1cccc(CNC(=O)N2CCC(c3cc4ccccc4[nH]3)CC2)c1. The maximum Gasteiger partial charge on any atom is 0.317 e. The Morgan fingerprint density at radius 1 is 1.06 bits per heavy atom. The van der Waals surface area contributed by atoms with Crippen molar-refractivity contribution >= 4 is 27.0 Å². The van der Waals surface area contributed by atoms with E-state index in [4.69, 9.17) is 0 Å². The second-order valence-electron chi connectivity index (χ2n) is 8.02. The van der Waals surface area contributed by atoms with Gasteiger partial charge in [-0.1, -0.05) is 42.5 Å². The highest BCUT2D eigenvalue weighted by atomic mass is 32.2. The van der Waals surface area contributed by atoms with Crippen molar-refractivity contribution in [3.63, 3.8) is 0 Å². The topological polar surface area (TPSA) is 94.3 Å². The maximum absolute atomic E-state index is 12.6. The summed E-state index contributed by atoms with van der Waals surface area (Å²) in [4.78, 5) is 18.0. The van der Waals surface area contributed by atoms with Gasteiger partial charge in [-0.3, -0.25) is 0 Å². The summed E-state index contributed by atoms with van der Waals surface area (Å²) in [5.74, 6) is 0.356. The maximum atomic E-state index is 12.6. The van der Waals surface area contributed by atoms with E-state index in [1.54, 1.807) is 6.07 Å². The van der Waals surface area contributed by atoms with Crippen LogP contribution in [0.2, 0.25) is 0 Å². The number of carbonyl (C=O) groups excluding carboxylic acids is 1. The number of aromatic amines is 1. The minimum Gasteiger partial charge on any atom is -0.358 e. The Morgan fingerprint density at radius 2 is 1.81 bits per heavy atom. The predicted octanol–water partition coefficient (Wildman–Crippen LogP) is 3.31. The van der Waals surface area contributed by atoms with Crippen LogP contribution in [-0.4, -0.2) is 44.5 Å². The predicted molar refractivity (Wildman–Crippen MR) is 122 cm³/mol. The molecule has 0 bridgehead atoms. The van der Waals surface area contributed by atoms with Crippen LogP contribution in [0.15, 0.2) is 54.6 Å². The molecule has 2 aromatic carbocycles. The molecule has 0 unspecified atom stereocenters. The molecule has 8 heteroatoms. The summed E-state index contributed by atoms with van der Waals surface area (Å²) in [6.45, 7) is 1.80. The van der Waals surface area contributed by atoms with Crippen LogP contribution in [0.5, 0.6) is 0 Å². The fraction of sp³-hybridized carbons (Fsp3) is 0.348. The molecule has 164 valence electrons. The first-order valence-corrected chi connectivity index (χ1v) is 12.2. The van der Waals surface area contributed by atoms with Crippen molar-refractivity contribution in [1.82, 2.24) is 19.9 Å². The van der Waals surface area contributed by atoms with Crippen molar-refractivity contribution < 1.29 is 13.2 Å². The molecule has 1 aliphatic rings. The molecule has 1 aliphatic heterocycles. The largest absolute Gasteiger partial charge is 0.358 e. The molecule has 1 fully saturated rings. The highest BCUT2D eigenvalue weighted by Crippen LogP contribution is 2.29. The number of piperidine rings is 1. The first-order chi connectivity index (χ1) is 14.9. The van der Waals surface area contributed by atoms with E-state index < -0.39 is 10.0 Å². The van der Waals surface area contributed by atoms with Crippen LogP contribution in [0.4, 0.5) is 4.79 Å². The zero-order chi connectivity index (χ0) is 21.8. The normalized spacial score (nSPS) is 15.3. The van der Waals surface area contributed by atoms with E-state index in [1.165, 1.54) is 18.1 Å². The van der Waals surface area contributed by atoms with Gasteiger partial charge in [-0.15, -0.1) is 0 Å². The fourth-order valence-corrected chi connectivity index (χ4v) is 4.88. The number of para-hydroxylation sites is 1. The number of likely N-dealkylation sites (tertiary alicyclic amines) is 1. The molecule has 7 nitrogen and oxygen atoms in total. The van der Waals surface area contributed by atoms with Crippen molar-refractivity contribution in [3.8, 4) is 0 Å². The number of nitrogens with one attached hydrogen (secondary N) is 3. The van der Waals surface area contributed by atoms with Crippen LogP contribution in [0, 0.1) is 0 Å². The number of carbonyl (C=O) groups is 1. The summed E-state index contributed by atoms with van der Waals surface area (Å²) in [5.41, 5.74) is 3.97. The van der Waals surface area contributed by atoms with Crippen molar-refractivity contribution in [3.05, 3.63) is 71.4 Å². The number of urea groups is 1. The number of rotatable bonds is 6. The van der Waals surface area contributed by atoms with E-state index in [2.05, 4.69) is 33.2 Å². The van der Waals surface area contributed by atoms with Gasteiger partial charge in [0.15, 0.2) is 0 Å². The van der Waals surface area contributed by atoms with Crippen LogP contribution < -0.4 is 10.0 Å². The third-order valence-corrected chi connectivity index (χ3v) is 7.21. The lowest BCUT2D eigenvalue weighted by Crippen LogP contribution is -2.43. The number of H-pyrrole nitrogens is 1. The van der Waals surface area contributed by atoms with E-state index >= 15 is 0 Å². The summed E-state index contributed by atoms with van der Waals surface area (Å²) in [6, 6.07) is 17.7. The number of hydrogen-bond donors (Lipinski definition) is 3. The van der Waals surface area contributed by atoms with Crippen molar-refractivity contribution in [2.24, 2.45) is 0 Å². The average molecular weight is 441 g/mol. The Labute approximate surface area is 182 Å². The highest BCUT2D eigenvalue weighted by molar-refractivity contribution is 7.88. The van der Waals surface area contributed by atoms with E-state index in [1.807, 2.05) is 35.2 Å². The van der Waals surface area contributed by atoms with Crippen LogP contribution in [0.25, 0.3) is 10.9 Å². The van der Waals surface area contributed by atoms with Gasteiger partial charge in [0.05, 0.1) is 5.75 Å². The minimum atomic E-state index is -3.32. The van der Waals surface area contributed by atoms with Crippen LogP contribution in [0.1, 0.15) is 35.6 Å².